The van der Waals surface area contributed by atoms with E-state index in [2.05, 4.69) is 19.2 Å². The number of hydrogen-bond acceptors (Lipinski definition) is 4. The van der Waals surface area contributed by atoms with Gasteiger partial charge in [0.15, 0.2) is 9.84 Å². The molecule has 1 rings (SSSR count). The van der Waals surface area contributed by atoms with E-state index in [1.807, 2.05) is 0 Å². The van der Waals surface area contributed by atoms with E-state index in [-0.39, 0.29) is 5.92 Å². The van der Waals surface area contributed by atoms with Gasteiger partial charge in [0.1, 0.15) is 0 Å². The van der Waals surface area contributed by atoms with E-state index >= 15 is 0 Å². The Kier molecular flexibility index (Phi) is 5.21. The van der Waals surface area contributed by atoms with Gasteiger partial charge in [0, 0.05) is 13.2 Å². The third kappa shape index (κ3) is 4.39. The Morgan fingerprint density at radius 2 is 2.12 bits per heavy atom. The van der Waals surface area contributed by atoms with Crippen LogP contribution in [0.25, 0.3) is 0 Å². The number of hydrogen-bond donors (Lipinski definition) is 1. The van der Waals surface area contributed by atoms with Crippen LogP contribution in [0.4, 0.5) is 0 Å². The van der Waals surface area contributed by atoms with Gasteiger partial charge in [-0.05, 0) is 24.8 Å². The maximum Gasteiger partial charge on any atom is 0.150 e. The molecule has 2 atom stereocenters. The molecule has 0 aliphatic carbocycles. The summed E-state index contributed by atoms with van der Waals surface area (Å²) in [5.41, 5.74) is 0. The molecule has 2 unspecified atom stereocenters. The van der Waals surface area contributed by atoms with Crippen LogP contribution in [0.2, 0.25) is 0 Å². The van der Waals surface area contributed by atoms with Gasteiger partial charge in [-0.25, -0.2) is 8.42 Å². The van der Waals surface area contributed by atoms with E-state index in [0.717, 1.165) is 13.0 Å². The molecule has 1 N–H and O–H groups in total. The summed E-state index contributed by atoms with van der Waals surface area (Å²) in [4.78, 5) is 0. The molecule has 0 aromatic carbocycles. The summed E-state index contributed by atoms with van der Waals surface area (Å²) in [6, 6.07) is 0.313. The summed E-state index contributed by atoms with van der Waals surface area (Å²) in [5.74, 6) is 1.48. The Bertz CT molecular complexity index is 300. The van der Waals surface area contributed by atoms with Crippen molar-refractivity contribution in [1.82, 2.24) is 5.32 Å². The fourth-order valence-electron chi connectivity index (χ4n) is 2.02. The highest BCUT2D eigenvalue weighted by molar-refractivity contribution is 7.91. The van der Waals surface area contributed by atoms with Crippen molar-refractivity contribution >= 4 is 9.84 Å². The van der Waals surface area contributed by atoms with Crippen molar-refractivity contribution in [2.45, 2.75) is 26.3 Å². The van der Waals surface area contributed by atoms with Crippen molar-refractivity contribution in [3.8, 4) is 0 Å². The molecule has 4 nitrogen and oxygen atoms in total. The van der Waals surface area contributed by atoms with Gasteiger partial charge < -0.3 is 10.1 Å². The minimum atomic E-state index is -2.75. The van der Waals surface area contributed by atoms with Crippen LogP contribution in [-0.2, 0) is 14.6 Å². The second-order valence-corrected chi connectivity index (χ2v) is 7.21. The molecule has 0 spiro atoms. The first-order valence-electron chi connectivity index (χ1n) is 5.87. The maximum absolute atomic E-state index is 11.3. The van der Waals surface area contributed by atoms with Crippen LogP contribution in [0.15, 0.2) is 0 Å². The van der Waals surface area contributed by atoms with Crippen molar-refractivity contribution in [1.29, 1.82) is 0 Å². The molecule has 0 radical (unpaired) electrons. The van der Waals surface area contributed by atoms with Crippen LogP contribution in [0.1, 0.15) is 20.3 Å². The van der Waals surface area contributed by atoms with Crippen molar-refractivity contribution in [2.75, 3.05) is 31.8 Å². The van der Waals surface area contributed by atoms with Gasteiger partial charge in [-0.1, -0.05) is 13.8 Å². The van der Waals surface area contributed by atoms with Gasteiger partial charge in [-0.15, -0.1) is 0 Å². The Balaban J connectivity index is 2.33. The number of methoxy groups -OCH3 is 1. The van der Waals surface area contributed by atoms with E-state index in [1.165, 1.54) is 0 Å². The summed E-state index contributed by atoms with van der Waals surface area (Å²) in [6.45, 7) is 5.74. The molecular weight excluding hydrogens is 226 g/mol. The quantitative estimate of drug-likeness (QED) is 0.752. The molecule has 5 heteroatoms. The van der Waals surface area contributed by atoms with Crippen LogP contribution in [0.5, 0.6) is 0 Å². The lowest BCUT2D eigenvalue weighted by molar-refractivity contribution is 0.145. The van der Waals surface area contributed by atoms with Gasteiger partial charge in [0.25, 0.3) is 0 Å². The Hall–Kier alpha value is -0.130. The zero-order valence-corrected chi connectivity index (χ0v) is 11.2. The summed E-state index contributed by atoms with van der Waals surface area (Å²) in [6.07, 6.45) is 0.799. The lowest BCUT2D eigenvalue weighted by atomic mass is 10.0. The topological polar surface area (TPSA) is 55.4 Å². The fraction of sp³-hybridized carbons (Fsp3) is 1.00. The van der Waals surface area contributed by atoms with E-state index in [1.54, 1.807) is 7.11 Å². The minimum absolute atomic E-state index is 0.281. The zero-order chi connectivity index (χ0) is 12.2. The molecule has 1 aliphatic heterocycles. The predicted molar refractivity (Wildman–Crippen MR) is 65.3 cm³/mol. The molecule has 1 heterocycles. The lowest BCUT2D eigenvalue weighted by Gasteiger charge is -2.23. The van der Waals surface area contributed by atoms with Crippen LogP contribution in [0.3, 0.4) is 0 Å². The molecular formula is C11H23NO3S. The maximum atomic E-state index is 11.3. The smallest absolute Gasteiger partial charge is 0.150 e. The third-order valence-electron chi connectivity index (χ3n) is 3.15. The highest BCUT2D eigenvalue weighted by Crippen LogP contribution is 2.17. The molecule has 0 saturated carbocycles. The molecule has 1 saturated heterocycles. The summed E-state index contributed by atoms with van der Waals surface area (Å²) >= 11 is 0. The van der Waals surface area contributed by atoms with Crippen LogP contribution in [-0.4, -0.2) is 46.2 Å². The molecule has 0 amide bonds. The minimum Gasteiger partial charge on any atom is -0.383 e. The average molecular weight is 249 g/mol. The van der Waals surface area contributed by atoms with Crippen LogP contribution in [0, 0.1) is 11.8 Å². The van der Waals surface area contributed by atoms with Crippen molar-refractivity contribution in [3.05, 3.63) is 0 Å². The largest absolute Gasteiger partial charge is 0.383 e. The first-order valence-corrected chi connectivity index (χ1v) is 7.69. The van der Waals surface area contributed by atoms with Gasteiger partial charge in [-0.2, -0.15) is 0 Å². The zero-order valence-electron chi connectivity index (χ0n) is 10.4. The molecule has 1 fully saturated rings. The summed E-state index contributed by atoms with van der Waals surface area (Å²) in [5, 5.41) is 3.41. The Morgan fingerprint density at radius 1 is 1.44 bits per heavy atom. The van der Waals surface area contributed by atoms with E-state index in [4.69, 9.17) is 4.74 Å². The molecule has 0 bridgehead atoms. The standard InChI is InChI=1S/C11H23NO3S/c1-9(2)11(7-15-3)12-6-10-4-5-16(13,14)8-10/h9-12H,4-8H2,1-3H3. The summed E-state index contributed by atoms with van der Waals surface area (Å²) < 4.78 is 27.7. The average Bonchev–Trinajstić information content (AvgIpc) is 2.52. The SMILES string of the molecule is COCC(NCC1CCS(=O)(=O)C1)C(C)C. The Labute approximate surface area is 98.7 Å². The van der Waals surface area contributed by atoms with Crippen molar-refractivity contribution in [3.63, 3.8) is 0 Å². The predicted octanol–water partition coefficient (Wildman–Crippen LogP) is 0.682. The highest BCUT2D eigenvalue weighted by Gasteiger charge is 2.28. The highest BCUT2D eigenvalue weighted by atomic mass is 32.2. The fourth-order valence-corrected chi connectivity index (χ4v) is 3.88. The van der Waals surface area contributed by atoms with Crippen molar-refractivity contribution in [2.24, 2.45) is 11.8 Å². The number of ether oxygens (including phenoxy) is 1. The molecule has 16 heavy (non-hydrogen) atoms. The molecule has 1 aliphatic rings. The first-order chi connectivity index (χ1) is 7.44. The summed E-state index contributed by atoms with van der Waals surface area (Å²) in [7, 11) is -1.06. The number of nitrogens with one attached hydrogen (secondary N) is 1. The normalized spacial score (nSPS) is 26.1. The molecule has 0 aromatic rings. The van der Waals surface area contributed by atoms with Crippen molar-refractivity contribution < 1.29 is 13.2 Å². The molecule has 0 aromatic heterocycles. The van der Waals surface area contributed by atoms with Crippen LogP contribution >= 0.6 is 0 Å². The third-order valence-corrected chi connectivity index (χ3v) is 4.98. The van der Waals surface area contributed by atoms with Gasteiger partial charge in [-0.3, -0.25) is 0 Å². The van der Waals surface area contributed by atoms with Gasteiger partial charge >= 0.3 is 0 Å². The lowest BCUT2D eigenvalue weighted by Crippen LogP contribution is -2.40. The second-order valence-electron chi connectivity index (χ2n) is 4.98. The van der Waals surface area contributed by atoms with E-state index in [9.17, 15) is 8.42 Å². The van der Waals surface area contributed by atoms with E-state index < -0.39 is 9.84 Å². The second kappa shape index (κ2) is 5.98. The van der Waals surface area contributed by atoms with Crippen LogP contribution < -0.4 is 5.32 Å². The van der Waals surface area contributed by atoms with Gasteiger partial charge in [0.2, 0.25) is 0 Å². The number of sulfone groups is 1. The van der Waals surface area contributed by atoms with Gasteiger partial charge in [0.05, 0.1) is 18.1 Å². The molecule has 96 valence electrons. The first kappa shape index (κ1) is 13.9. The monoisotopic (exact) mass is 249 g/mol. The number of rotatable bonds is 6. The van der Waals surface area contributed by atoms with E-state index in [0.29, 0.717) is 30.1 Å². The Morgan fingerprint density at radius 3 is 2.56 bits per heavy atom.